The molecule has 0 saturated heterocycles. The van der Waals surface area contributed by atoms with Gasteiger partial charge in [0.15, 0.2) is 0 Å². The van der Waals surface area contributed by atoms with Gasteiger partial charge in [0, 0.05) is 13.1 Å². The smallest absolute Gasteiger partial charge is 0.335 e. The molecule has 1 aromatic carbocycles. The Morgan fingerprint density at radius 2 is 2.00 bits per heavy atom. The number of hydrogen-bond donors (Lipinski definition) is 3. The van der Waals surface area contributed by atoms with E-state index in [1.165, 1.54) is 0 Å². The molecule has 1 saturated carbocycles. The summed E-state index contributed by atoms with van der Waals surface area (Å²) in [5, 5.41) is 21.8. The Labute approximate surface area is 107 Å². The first-order chi connectivity index (χ1) is 8.66. The molecule has 4 heteroatoms. The van der Waals surface area contributed by atoms with E-state index in [2.05, 4.69) is 5.32 Å². The molecule has 1 aliphatic rings. The van der Waals surface area contributed by atoms with Crippen molar-refractivity contribution in [2.45, 2.75) is 31.9 Å². The van der Waals surface area contributed by atoms with E-state index in [1.54, 1.807) is 12.1 Å². The summed E-state index contributed by atoms with van der Waals surface area (Å²) < 4.78 is 0. The van der Waals surface area contributed by atoms with Crippen LogP contribution in [0.15, 0.2) is 24.3 Å². The van der Waals surface area contributed by atoms with E-state index in [0.29, 0.717) is 18.0 Å². The molecule has 1 aromatic rings. The number of hydrogen-bond acceptors (Lipinski definition) is 3. The largest absolute Gasteiger partial charge is 0.478 e. The summed E-state index contributed by atoms with van der Waals surface area (Å²) in [5.41, 5.74) is 1.37. The molecule has 4 nitrogen and oxygen atoms in total. The van der Waals surface area contributed by atoms with E-state index in [9.17, 15) is 9.90 Å². The van der Waals surface area contributed by atoms with Crippen molar-refractivity contribution in [2.75, 3.05) is 6.54 Å². The van der Waals surface area contributed by atoms with E-state index in [-0.39, 0.29) is 6.10 Å². The number of aliphatic hydroxyl groups is 1. The van der Waals surface area contributed by atoms with Gasteiger partial charge in [-0.05, 0) is 36.5 Å². The van der Waals surface area contributed by atoms with Crippen LogP contribution in [-0.2, 0) is 6.54 Å². The van der Waals surface area contributed by atoms with Crippen LogP contribution < -0.4 is 5.32 Å². The summed E-state index contributed by atoms with van der Waals surface area (Å²) in [6.07, 6.45) is 2.96. The Morgan fingerprint density at radius 1 is 1.28 bits per heavy atom. The Kier molecular flexibility index (Phi) is 4.33. The van der Waals surface area contributed by atoms with Crippen LogP contribution in [0.25, 0.3) is 0 Å². The molecular weight excluding hydrogens is 230 g/mol. The lowest BCUT2D eigenvalue weighted by molar-refractivity contribution is 0.0697. The number of nitrogens with one attached hydrogen (secondary N) is 1. The van der Waals surface area contributed by atoms with Crippen LogP contribution in [0.4, 0.5) is 0 Å². The molecule has 0 bridgehead atoms. The fraction of sp³-hybridized carbons (Fsp3) is 0.500. The van der Waals surface area contributed by atoms with Gasteiger partial charge >= 0.3 is 5.97 Å². The summed E-state index contributed by atoms with van der Waals surface area (Å²) >= 11 is 0. The highest BCUT2D eigenvalue weighted by atomic mass is 16.4. The predicted octanol–water partition coefficient (Wildman–Crippen LogP) is 1.64. The minimum Gasteiger partial charge on any atom is -0.478 e. The molecule has 2 unspecified atom stereocenters. The van der Waals surface area contributed by atoms with Crippen molar-refractivity contribution in [1.29, 1.82) is 0 Å². The zero-order valence-electron chi connectivity index (χ0n) is 10.3. The van der Waals surface area contributed by atoms with Gasteiger partial charge in [-0.2, -0.15) is 0 Å². The maximum atomic E-state index is 10.7. The average Bonchev–Trinajstić information content (AvgIpc) is 2.76. The van der Waals surface area contributed by atoms with Crippen LogP contribution in [0.2, 0.25) is 0 Å². The zero-order chi connectivity index (χ0) is 13.0. The molecule has 2 rings (SSSR count). The predicted molar refractivity (Wildman–Crippen MR) is 68.5 cm³/mol. The topological polar surface area (TPSA) is 69.6 Å². The van der Waals surface area contributed by atoms with E-state index in [1.807, 2.05) is 12.1 Å². The summed E-state index contributed by atoms with van der Waals surface area (Å²) in [6, 6.07) is 6.87. The minimum absolute atomic E-state index is 0.160. The monoisotopic (exact) mass is 249 g/mol. The highest BCUT2D eigenvalue weighted by Gasteiger charge is 2.24. The van der Waals surface area contributed by atoms with Crippen LogP contribution >= 0.6 is 0 Å². The first-order valence-corrected chi connectivity index (χ1v) is 6.38. The van der Waals surface area contributed by atoms with Crippen molar-refractivity contribution in [2.24, 2.45) is 5.92 Å². The van der Waals surface area contributed by atoms with Gasteiger partial charge in [0.1, 0.15) is 0 Å². The SMILES string of the molecule is O=C(O)c1ccc(CNCC2CCCC2O)cc1. The molecule has 0 aliphatic heterocycles. The molecule has 18 heavy (non-hydrogen) atoms. The van der Waals surface area contributed by atoms with Gasteiger partial charge in [0.25, 0.3) is 0 Å². The average molecular weight is 249 g/mol. The molecule has 1 fully saturated rings. The fourth-order valence-electron chi connectivity index (χ4n) is 2.42. The molecule has 0 radical (unpaired) electrons. The summed E-state index contributed by atoms with van der Waals surface area (Å²) in [4.78, 5) is 10.7. The first-order valence-electron chi connectivity index (χ1n) is 6.38. The van der Waals surface area contributed by atoms with Crippen LogP contribution in [0.1, 0.15) is 35.2 Å². The number of carboxylic acid groups (broad SMARTS) is 1. The van der Waals surface area contributed by atoms with Gasteiger partial charge in [-0.25, -0.2) is 4.79 Å². The van der Waals surface area contributed by atoms with Crippen LogP contribution in [0.5, 0.6) is 0 Å². The molecular formula is C14H19NO3. The van der Waals surface area contributed by atoms with Gasteiger partial charge in [-0.15, -0.1) is 0 Å². The van der Waals surface area contributed by atoms with Crippen molar-refractivity contribution in [3.8, 4) is 0 Å². The Hall–Kier alpha value is -1.39. The lowest BCUT2D eigenvalue weighted by Crippen LogP contribution is -2.27. The van der Waals surface area contributed by atoms with Crippen LogP contribution in [-0.4, -0.2) is 28.8 Å². The highest BCUT2D eigenvalue weighted by Crippen LogP contribution is 2.24. The molecule has 0 aromatic heterocycles. The number of aromatic carboxylic acids is 1. The van der Waals surface area contributed by atoms with E-state index in [0.717, 1.165) is 31.4 Å². The molecule has 0 heterocycles. The van der Waals surface area contributed by atoms with Gasteiger partial charge in [-0.3, -0.25) is 0 Å². The van der Waals surface area contributed by atoms with E-state index < -0.39 is 5.97 Å². The normalized spacial score (nSPS) is 23.2. The Bertz CT molecular complexity index is 402. The quantitative estimate of drug-likeness (QED) is 0.742. The van der Waals surface area contributed by atoms with E-state index in [4.69, 9.17) is 5.11 Å². The van der Waals surface area contributed by atoms with Gasteiger partial charge in [0.05, 0.1) is 11.7 Å². The van der Waals surface area contributed by atoms with Crippen molar-refractivity contribution < 1.29 is 15.0 Å². The third kappa shape index (κ3) is 3.31. The number of aliphatic hydroxyl groups excluding tert-OH is 1. The van der Waals surface area contributed by atoms with Crippen molar-refractivity contribution >= 4 is 5.97 Å². The number of carbonyl (C=O) groups is 1. The highest BCUT2D eigenvalue weighted by molar-refractivity contribution is 5.87. The second kappa shape index (κ2) is 5.98. The van der Waals surface area contributed by atoms with Gasteiger partial charge < -0.3 is 15.5 Å². The van der Waals surface area contributed by atoms with Crippen molar-refractivity contribution in [1.82, 2.24) is 5.32 Å². The fourth-order valence-corrected chi connectivity index (χ4v) is 2.42. The molecule has 1 aliphatic carbocycles. The second-order valence-electron chi connectivity index (χ2n) is 4.89. The number of rotatable bonds is 5. The summed E-state index contributed by atoms with van der Waals surface area (Å²) in [5.74, 6) is -0.535. The molecule has 2 atom stereocenters. The Balaban J connectivity index is 1.78. The van der Waals surface area contributed by atoms with Crippen molar-refractivity contribution in [3.63, 3.8) is 0 Å². The summed E-state index contributed by atoms with van der Waals surface area (Å²) in [7, 11) is 0. The molecule has 0 amide bonds. The molecule has 0 spiro atoms. The first kappa shape index (κ1) is 13.1. The maximum absolute atomic E-state index is 10.7. The number of carboxylic acids is 1. The third-order valence-electron chi connectivity index (χ3n) is 3.56. The second-order valence-corrected chi connectivity index (χ2v) is 4.89. The standard InChI is InChI=1S/C14H19NO3/c16-13-3-1-2-12(13)9-15-8-10-4-6-11(7-5-10)14(17)18/h4-7,12-13,15-16H,1-3,8-9H2,(H,17,18). The van der Waals surface area contributed by atoms with Crippen LogP contribution in [0.3, 0.4) is 0 Å². The van der Waals surface area contributed by atoms with E-state index >= 15 is 0 Å². The molecule has 3 N–H and O–H groups in total. The lowest BCUT2D eigenvalue weighted by Gasteiger charge is -2.15. The van der Waals surface area contributed by atoms with Crippen LogP contribution in [0, 0.1) is 5.92 Å². The third-order valence-corrected chi connectivity index (χ3v) is 3.56. The Morgan fingerprint density at radius 3 is 2.56 bits per heavy atom. The minimum atomic E-state index is -0.899. The molecule has 98 valence electrons. The zero-order valence-corrected chi connectivity index (χ0v) is 10.3. The maximum Gasteiger partial charge on any atom is 0.335 e. The van der Waals surface area contributed by atoms with Crippen molar-refractivity contribution in [3.05, 3.63) is 35.4 Å². The van der Waals surface area contributed by atoms with Gasteiger partial charge in [0.2, 0.25) is 0 Å². The lowest BCUT2D eigenvalue weighted by atomic mass is 10.1. The van der Waals surface area contributed by atoms with Gasteiger partial charge in [-0.1, -0.05) is 18.6 Å². The number of benzene rings is 1. The summed E-state index contributed by atoms with van der Waals surface area (Å²) in [6.45, 7) is 1.53.